The summed E-state index contributed by atoms with van der Waals surface area (Å²) in [4.78, 5) is 2.54. The molecule has 0 spiro atoms. The van der Waals surface area contributed by atoms with Gasteiger partial charge in [0.05, 0.1) is 0 Å². The molecule has 0 aliphatic carbocycles. The van der Waals surface area contributed by atoms with Crippen LogP contribution in [0.25, 0.3) is 0 Å². The second kappa shape index (κ2) is 8.08. The van der Waals surface area contributed by atoms with E-state index in [-0.39, 0.29) is 0 Å². The van der Waals surface area contributed by atoms with Crippen molar-refractivity contribution in [1.82, 2.24) is 10.2 Å². The molecule has 1 fully saturated rings. The van der Waals surface area contributed by atoms with E-state index < -0.39 is 0 Å². The Labute approximate surface area is 102 Å². The van der Waals surface area contributed by atoms with Gasteiger partial charge in [0, 0.05) is 18.6 Å². The zero-order chi connectivity index (χ0) is 11.8. The third-order valence-electron chi connectivity index (χ3n) is 3.90. The van der Waals surface area contributed by atoms with Gasteiger partial charge < -0.3 is 10.2 Å². The van der Waals surface area contributed by atoms with Gasteiger partial charge in [0.25, 0.3) is 0 Å². The average Bonchev–Trinajstić information content (AvgIpc) is 2.76. The van der Waals surface area contributed by atoms with Gasteiger partial charge in [-0.2, -0.15) is 0 Å². The second-order valence-electron chi connectivity index (χ2n) is 5.43. The summed E-state index contributed by atoms with van der Waals surface area (Å²) in [5.41, 5.74) is 0. The second-order valence-corrected chi connectivity index (χ2v) is 5.43. The molecule has 0 aromatic heterocycles. The van der Waals surface area contributed by atoms with Gasteiger partial charge >= 0.3 is 0 Å². The lowest BCUT2D eigenvalue weighted by Crippen LogP contribution is -2.39. The molecule has 2 unspecified atom stereocenters. The van der Waals surface area contributed by atoms with Crippen LogP contribution in [0.4, 0.5) is 0 Å². The first-order valence-corrected chi connectivity index (χ1v) is 7.17. The van der Waals surface area contributed by atoms with Gasteiger partial charge in [0.2, 0.25) is 0 Å². The summed E-state index contributed by atoms with van der Waals surface area (Å²) in [6, 6.07) is 1.50. The lowest BCUT2D eigenvalue weighted by atomic mass is 10.1. The Morgan fingerprint density at radius 1 is 1.31 bits per heavy atom. The van der Waals surface area contributed by atoms with E-state index in [0.717, 1.165) is 12.1 Å². The monoisotopic (exact) mass is 226 g/mol. The number of nitrogens with zero attached hydrogens (tertiary/aromatic N) is 1. The molecule has 1 saturated heterocycles. The number of unbranched alkanes of at least 4 members (excludes halogenated alkanes) is 3. The number of hydrogen-bond acceptors (Lipinski definition) is 2. The fourth-order valence-electron chi connectivity index (χ4n) is 2.53. The molecule has 0 aromatic rings. The fourth-order valence-corrected chi connectivity index (χ4v) is 2.53. The lowest BCUT2D eigenvalue weighted by Gasteiger charge is -2.27. The molecule has 1 heterocycles. The van der Waals surface area contributed by atoms with Gasteiger partial charge in [-0.25, -0.2) is 0 Å². The van der Waals surface area contributed by atoms with E-state index in [1.165, 1.54) is 58.0 Å². The third-order valence-corrected chi connectivity index (χ3v) is 3.90. The molecule has 1 N–H and O–H groups in total. The number of rotatable bonds is 8. The Balaban J connectivity index is 2.06. The van der Waals surface area contributed by atoms with Crippen LogP contribution in [0.15, 0.2) is 0 Å². The molecule has 2 heteroatoms. The quantitative estimate of drug-likeness (QED) is 0.640. The smallest absolute Gasteiger partial charge is 0.0195 e. The molecule has 2 nitrogen and oxygen atoms in total. The molecule has 1 aliphatic heterocycles. The van der Waals surface area contributed by atoms with E-state index in [1.54, 1.807) is 0 Å². The minimum absolute atomic E-state index is 0.749. The van der Waals surface area contributed by atoms with Crippen LogP contribution >= 0.6 is 0 Å². The standard InChI is InChI=1S/C14H30N2/c1-4-5-6-7-9-13(2)16(3)12-14-10-8-11-15-14/h13-15H,4-12H2,1-3H3. The summed E-state index contributed by atoms with van der Waals surface area (Å²) in [6.07, 6.45) is 9.66. The van der Waals surface area contributed by atoms with Crippen molar-refractivity contribution < 1.29 is 0 Å². The Morgan fingerprint density at radius 3 is 2.75 bits per heavy atom. The molecule has 0 aromatic carbocycles. The maximum absolute atomic E-state index is 3.58. The van der Waals surface area contributed by atoms with Crippen LogP contribution in [0.2, 0.25) is 0 Å². The molecule has 0 radical (unpaired) electrons. The van der Waals surface area contributed by atoms with Crippen molar-refractivity contribution in [2.24, 2.45) is 0 Å². The minimum atomic E-state index is 0.749. The zero-order valence-electron chi connectivity index (χ0n) is 11.5. The highest BCUT2D eigenvalue weighted by Crippen LogP contribution is 2.12. The van der Waals surface area contributed by atoms with Crippen LogP contribution in [0, 0.1) is 0 Å². The Morgan fingerprint density at radius 2 is 2.12 bits per heavy atom. The highest BCUT2D eigenvalue weighted by molar-refractivity contribution is 4.78. The number of hydrogen-bond donors (Lipinski definition) is 1. The van der Waals surface area contributed by atoms with Gasteiger partial charge in [-0.05, 0) is 39.8 Å². The van der Waals surface area contributed by atoms with Crippen LogP contribution in [0.1, 0.15) is 58.8 Å². The zero-order valence-corrected chi connectivity index (χ0v) is 11.5. The first kappa shape index (κ1) is 14.0. The molecule has 16 heavy (non-hydrogen) atoms. The summed E-state index contributed by atoms with van der Waals surface area (Å²) in [5.74, 6) is 0. The first-order chi connectivity index (χ1) is 7.74. The highest BCUT2D eigenvalue weighted by atomic mass is 15.2. The molecule has 0 amide bonds. The minimum Gasteiger partial charge on any atom is -0.313 e. The van der Waals surface area contributed by atoms with Crippen LogP contribution < -0.4 is 5.32 Å². The summed E-state index contributed by atoms with van der Waals surface area (Å²) < 4.78 is 0. The van der Waals surface area contributed by atoms with Crippen LogP contribution in [0.5, 0.6) is 0 Å². The van der Waals surface area contributed by atoms with E-state index in [9.17, 15) is 0 Å². The maximum Gasteiger partial charge on any atom is 0.0195 e. The summed E-state index contributed by atoms with van der Waals surface area (Å²) in [7, 11) is 2.28. The van der Waals surface area contributed by atoms with Crippen molar-refractivity contribution in [2.45, 2.75) is 70.9 Å². The van der Waals surface area contributed by atoms with Crippen LogP contribution in [-0.4, -0.2) is 37.1 Å². The molecule has 2 atom stereocenters. The van der Waals surface area contributed by atoms with Gasteiger partial charge in [-0.1, -0.05) is 32.6 Å². The lowest BCUT2D eigenvalue weighted by molar-refractivity contribution is 0.221. The van der Waals surface area contributed by atoms with Crippen molar-refractivity contribution in [3.63, 3.8) is 0 Å². The van der Waals surface area contributed by atoms with Gasteiger partial charge in [0.15, 0.2) is 0 Å². The summed E-state index contributed by atoms with van der Waals surface area (Å²) >= 11 is 0. The Bertz CT molecular complexity index is 164. The summed E-state index contributed by atoms with van der Waals surface area (Å²) in [6.45, 7) is 7.11. The fraction of sp³-hybridized carbons (Fsp3) is 1.00. The largest absolute Gasteiger partial charge is 0.313 e. The molecule has 96 valence electrons. The predicted octanol–water partition coefficient (Wildman–Crippen LogP) is 3.03. The van der Waals surface area contributed by atoms with E-state index >= 15 is 0 Å². The molecule has 0 bridgehead atoms. The van der Waals surface area contributed by atoms with Crippen molar-refractivity contribution >= 4 is 0 Å². The Kier molecular flexibility index (Phi) is 7.06. The highest BCUT2D eigenvalue weighted by Gasteiger charge is 2.18. The van der Waals surface area contributed by atoms with Crippen molar-refractivity contribution in [3.05, 3.63) is 0 Å². The van der Waals surface area contributed by atoms with E-state index in [4.69, 9.17) is 0 Å². The topological polar surface area (TPSA) is 15.3 Å². The van der Waals surface area contributed by atoms with Gasteiger partial charge in [0.1, 0.15) is 0 Å². The molecule has 1 aliphatic rings. The van der Waals surface area contributed by atoms with Crippen LogP contribution in [-0.2, 0) is 0 Å². The molecule has 0 saturated carbocycles. The van der Waals surface area contributed by atoms with E-state index in [2.05, 4.69) is 31.1 Å². The predicted molar refractivity (Wildman–Crippen MR) is 71.9 cm³/mol. The average molecular weight is 226 g/mol. The molecule has 1 rings (SSSR count). The van der Waals surface area contributed by atoms with Crippen LogP contribution in [0.3, 0.4) is 0 Å². The van der Waals surface area contributed by atoms with Crippen molar-refractivity contribution in [2.75, 3.05) is 20.1 Å². The van der Waals surface area contributed by atoms with Crippen molar-refractivity contribution in [1.29, 1.82) is 0 Å². The molecular weight excluding hydrogens is 196 g/mol. The number of likely N-dealkylation sites (N-methyl/N-ethyl adjacent to an activating group) is 1. The first-order valence-electron chi connectivity index (χ1n) is 7.17. The summed E-state index contributed by atoms with van der Waals surface area (Å²) in [5, 5.41) is 3.58. The van der Waals surface area contributed by atoms with E-state index in [1.807, 2.05) is 0 Å². The van der Waals surface area contributed by atoms with Gasteiger partial charge in [-0.15, -0.1) is 0 Å². The third kappa shape index (κ3) is 5.31. The van der Waals surface area contributed by atoms with Gasteiger partial charge in [-0.3, -0.25) is 0 Å². The Hall–Kier alpha value is -0.0800. The van der Waals surface area contributed by atoms with Crippen molar-refractivity contribution in [3.8, 4) is 0 Å². The SMILES string of the molecule is CCCCCCC(C)N(C)CC1CCCN1. The van der Waals surface area contributed by atoms with E-state index in [0.29, 0.717) is 0 Å². The maximum atomic E-state index is 3.58. The number of nitrogens with one attached hydrogen (secondary N) is 1. The molecular formula is C14H30N2. The normalized spacial score (nSPS) is 22.9.